The van der Waals surface area contributed by atoms with Crippen LogP contribution in [0.2, 0.25) is 0 Å². The molecule has 3 heterocycles. The molecule has 1 aromatic heterocycles. The highest BCUT2D eigenvalue weighted by atomic mass is 16.2. The summed E-state index contributed by atoms with van der Waals surface area (Å²) in [5.74, 6) is 1.93. The Morgan fingerprint density at radius 3 is 2.74 bits per heavy atom. The maximum absolute atomic E-state index is 13.3. The summed E-state index contributed by atoms with van der Waals surface area (Å²) in [6.07, 6.45) is 24.1. The molecule has 0 radical (unpaired) electrons. The zero-order valence-electron chi connectivity index (χ0n) is 24.9. The third-order valence-corrected chi connectivity index (χ3v) is 9.30. The highest BCUT2D eigenvalue weighted by molar-refractivity contribution is 6.15. The van der Waals surface area contributed by atoms with Crippen LogP contribution in [0.15, 0.2) is 76.3 Å². The minimum atomic E-state index is 0.174. The Balaban J connectivity index is 1.17. The van der Waals surface area contributed by atoms with Crippen LogP contribution in [0.3, 0.4) is 0 Å². The molecular weight excluding hydrogens is 520 g/mol. The predicted molar refractivity (Wildman–Crippen MR) is 172 cm³/mol. The van der Waals surface area contributed by atoms with E-state index in [9.17, 15) is 9.59 Å². The maximum atomic E-state index is 13.3. The van der Waals surface area contributed by atoms with Crippen LogP contribution in [0.4, 0.5) is 5.69 Å². The number of fused-ring (bicyclic) bond motifs is 1. The number of aromatic nitrogens is 1. The van der Waals surface area contributed by atoms with E-state index in [0.29, 0.717) is 36.4 Å². The molecule has 2 aromatic rings. The molecule has 1 unspecified atom stereocenters. The number of hydrogen-bond acceptors (Lipinski definition) is 3. The van der Waals surface area contributed by atoms with Crippen LogP contribution in [0, 0.1) is 18.8 Å². The van der Waals surface area contributed by atoms with Gasteiger partial charge < -0.3 is 9.88 Å². The Hall–Kier alpha value is -3.80. The number of aryl methyl sites for hydroxylation is 1. The number of nitrogens with one attached hydrogen (secondary N) is 1. The normalized spacial score (nSPS) is 27.9. The average Bonchev–Trinajstić information content (AvgIpc) is 3.54. The van der Waals surface area contributed by atoms with Gasteiger partial charge in [0.25, 0.3) is 0 Å². The summed E-state index contributed by atoms with van der Waals surface area (Å²) in [6.45, 7) is 5.16. The number of benzene rings is 1. The molecular formula is C36H42N4O2. The van der Waals surface area contributed by atoms with Crippen LogP contribution in [-0.4, -0.2) is 45.7 Å². The number of allylic oxidation sites excluding steroid dienone is 8. The summed E-state index contributed by atoms with van der Waals surface area (Å²) in [4.78, 5) is 41.1. The second-order valence-corrected chi connectivity index (χ2v) is 12.5. The molecule has 6 nitrogen and oxygen atoms in total. The van der Waals surface area contributed by atoms with Gasteiger partial charge in [-0.1, -0.05) is 43.4 Å². The molecule has 6 rings (SSSR count). The fourth-order valence-electron chi connectivity index (χ4n) is 6.86. The van der Waals surface area contributed by atoms with Crippen LogP contribution in [-0.2, 0) is 4.79 Å². The molecule has 1 saturated carbocycles. The average molecular weight is 563 g/mol. The molecule has 218 valence electrons. The first-order chi connectivity index (χ1) is 20.4. The van der Waals surface area contributed by atoms with Gasteiger partial charge in [-0.3, -0.25) is 9.59 Å². The number of H-pyrrole nitrogens is 1. The lowest BCUT2D eigenvalue weighted by Gasteiger charge is -2.34. The van der Waals surface area contributed by atoms with Crippen molar-refractivity contribution < 1.29 is 9.59 Å². The van der Waals surface area contributed by atoms with E-state index >= 15 is 0 Å². The van der Waals surface area contributed by atoms with Crippen molar-refractivity contribution in [2.24, 2.45) is 21.8 Å². The first kappa shape index (κ1) is 28.3. The SMILES string of the molecule is Cc1cc(N=C2N=C(/C3=C/C=C\C=CCC3)C=CCC2C)cc2cc(C(=O)CC3CCC(N4CCCC4=O)CC3)[nH]c12. The van der Waals surface area contributed by atoms with Gasteiger partial charge in [-0.05, 0) is 99.6 Å². The number of hydrogen-bond donors (Lipinski definition) is 1. The monoisotopic (exact) mass is 562 g/mol. The summed E-state index contributed by atoms with van der Waals surface area (Å²) >= 11 is 0. The third-order valence-electron chi connectivity index (χ3n) is 9.30. The fraction of sp³-hybridized carbons (Fsp3) is 0.444. The van der Waals surface area contributed by atoms with Crippen LogP contribution in [0.5, 0.6) is 0 Å². The van der Waals surface area contributed by atoms with E-state index < -0.39 is 0 Å². The standard InChI is InChI=1S/C36H42N4O2/c1-24-10-8-13-31(27-11-6-4-3-5-7-12-27)39-36(24)37-29-20-25(2)35-28(22-29)23-32(38-35)33(41)21-26-15-17-30(18-16-26)40-19-9-14-34(40)42/h3-6,8,11,13,20,22-24,26,30,38H,7,9-10,12,14-19,21H2,1-2H3/b5-3?,6-4-,27-11+,37-36?. The number of rotatable bonds is 6. The third kappa shape index (κ3) is 6.33. The molecule has 0 bridgehead atoms. The van der Waals surface area contributed by atoms with E-state index in [-0.39, 0.29) is 11.7 Å². The molecule has 0 spiro atoms. The largest absolute Gasteiger partial charge is 0.352 e. The molecule has 1 atom stereocenters. The molecule has 6 heteroatoms. The van der Waals surface area contributed by atoms with E-state index in [2.05, 4.69) is 78.4 Å². The van der Waals surface area contributed by atoms with Gasteiger partial charge in [0.15, 0.2) is 5.78 Å². The molecule has 1 N–H and O–H groups in total. The molecule has 1 amide bonds. The number of nitrogens with zero attached hydrogens (tertiary/aromatic N) is 3. The van der Waals surface area contributed by atoms with Crippen molar-refractivity contribution >= 4 is 39.8 Å². The number of amides is 1. The van der Waals surface area contributed by atoms with E-state index in [1.54, 1.807) is 0 Å². The molecule has 2 fully saturated rings. The number of likely N-dealkylation sites (tertiary alicyclic amines) is 1. The zero-order chi connectivity index (χ0) is 29.1. The van der Waals surface area contributed by atoms with Crippen molar-refractivity contribution in [3.05, 3.63) is 77.6 Å². The maximum Gasteiger partial charge on any atom is 0.222 e. The molecule has 1 aromatic carbocycles. The lowest BCUT2D eigenvalue weighted by Crippen LogP contribution is -2.39. The van der Waals surface area contributed by atoms with Gasteiger partial charge in [-0.2, -0.15) is 0 Å². The summed E-state index contributed by atoms with van der Waals surface area (Å²) in [5, 5.41) is 1.01. The van der Waals surface area contributed by atoms with Gasteiger partial charge >= 0.3 is 0 Å². The minimum Gasteiger partial charge on any atom is -0.352 e. The Labute approximate surface area is 249 Å². The highest BCUT2D eigenvalue weighted by Gasteiger charge is 2.32. The first-order valence-electron chi connectivity index (χ1n) is 15.8. The summed E-state index contributed by atoms with van der Waals surface area (Å²) < 4.78 is 0. The van der Waals surface area contributed by atoms with Crippen molar-refractivity contribution in [3.63, 3.8) is 0 Å². The molecule has 42 heavy (non-hydrogen) atoms. The van der Waals surface area contributed by atoms with Crippen LogP contribution in [0.1, 0.15) is 87.2 Å². The van der Waals surface area contributed by atoms with E-state index in [0.717, 1.165) is 91.6 Å². The smallest absolute Gasteiger partial charge is 0.222 e. The Morgan fingerprint density at radius 1 is 1.07 bits per heavy atom. The van der Waals surface area contributed by atoms with Crippen molar-refractivity contribution in [1.29, 1.82) is 0 Å². The van der Waals surface area contributed by atoms with Crippen molar-refractivity contribution in [2.75, 3.05) is 6.54 Å². The minimum absolute atomic E-state index is 0.174. The number of carbonyl (C=O) groups is 2. The van der Waals surface area contributed by atoms with Crippen LogP contribution >= 0.6 is 0 Å². The Bertz CT molecular complexity index is 1540. The Kier molecular flexibility index (Phi) is 8.50. The van der Waals surface area contributed by atoms with Gasteiger partial charge in [-0.25, -0.2) is 9.98 Å². The van der Waals surface area contributed by atoms with Crippen molar-refractivity contribution in [2.45, 2.75) is 84.1 Å². The van der Waals surface area contributed by atoms with E-state index in [4.69, 9.17) is 9.98 Å². The molecule has 2 aliphatic carbocycles. The van der Waals surface area contributed by atoms with Gasteiger partial charge in [0.05, 0.1) is 17.1 Å². The number of Topliss-reactive ketones (excluding diaryl/α,β-unsaturated/α-hetero) is 1. The summed E-state index contributed by atoms with van der Waals surface area (Å²) in [6, 6.07) is 6.53. The molecule has 2 aliphatic heterocycles. The van der Waals surface area contributed by atoms with Crippen molar-refractivity contribution in [3.8, 4) is 0 Å². The summed E-state index contributed by atoms with van der Waals surface area (Å²) in [5.41, 5.74) is 5.84. The van der Waals surface area contributed by atoms with Gasteiger partial charge in [0.1, 0.15) is 5.84 Å². The second kappa shape index (κ2) is 12.6. The quantitative estimate of drug-likeness (QED) is 0.361. The van der Waals surface area contributed by atoms with Crippen LogP contribution in [0.25, 0.3) is 10.9 Å². The molecule has 4 aliphatic rings. The topological polar surface area (TPSA) is 77.9 Å². The second-order valence-electron chi connectivity index (χ2n) is 12.5. The molecule has 1 saturated heterocycles. The van der Waals surface area contributed by atoms with Gasteiger partial charge in [-0.15, -0.1) is 0 Å². The number of amidine groups is 1. The van der Waals surface area contributed by atoms with Crippen LogP contribution < -0.4 is 0 Å². The lowest BCUT2D eigenvalue weighted by molar-refractivity contribution is -0.130. The van der Waals surface area contributed by atoms with E-state index in [1.807, 2.05) is 6.07 Å². The first-order valence-corrected chi connectivity index (χ1v) is 15.8. The van der Waals surface area contributed by atoms with Gasteiger partial charge in [0.2, 0.25) is 5.91 Å². The lowest BCUT2D eigenvalue weighted by atomic mass is 9.82. The Morgan fingerprint density at radius 2 is 1.93 bits per heavy atom. The van der Waals surface area contributed by atoms with E-state index in [1.165, 1.54) is 5.57 Å². The number of aliphatic imine (C=N–C) groups is 2. The predicted octanol–water partition coefficient (Wildman–Crippen LogP) is 8.13. The number of carbonyl (C=O) groups excluding carboxylic acids is 2. The fourth-order valence-corrected chi connectivity index (χ4v) is 6.86. The number of ketones is 1. The van der Waals surface area contributed by atoms with Gasteiger partial charge in [0, 0.05) is 42.2 Å². The summed E-state index contributed by atoms with van der Waals surface area (Å²) in [7, 11) is 0. The highest BCUT2D eigenvalue weighted by Crippen LogP contribution is 2.33. The zero-order valence-corrected chi connectivity index (χ0v) is 24.9. The van der Waals surface area contributed by atoms with Crippen molar-refractivity contribution in [1.82, 2.24) is 9.88 Å². The number of aromatic amines is 1.